The van der Waals surface area contributed by atoms with Gasteiger partial charge in [0.05, 0.1) is 10.6 Å². The van der Waals surface area contributed by atoms with Crippen molar-refractivity contribution in [1.29, 1.82) is 0 Å². The largest absolute Gasteiger partial charge is 0.298 e. The summed E-state index contributed by atoms with van der Waals surface area (Å²) in [4.78, 5) is 10.5. The summed E-state index contributed by atoms with van der Waals surface area (Å²) < 4.78 is 22.9. The standard InChI is InChI=1S/C9H9ClO3S/c10-5-6-14(12,13)9-3-1-8(7-11)2-4-9/h1-4,7H,5-6H2. The minimum absolute atomic E-state index is 0.0672. The fourth-order valence-electron chi connectivity index (χ4n) is 0.973. The van der Waals surface area contributed by atoms with E-state index in [-0.39, 0.29) is 16.5 Å². The Morgan fingerprint density at radius 2 is 1.79 bits per heavy atom. The third-order valence-corrected chi connectivity index (χ3v) is 3.87. The van der Waals surface area contributed by atoms with Gasteiger partial charge in [0, 0.05) is 11.4 Å². The van der Waals surface area contributed by atoms with E-state index in [1.165, 1.54) is 24.3 Å². The molecule has 76 valence electrons. The molecule has 3 nitrogen and oxygen atoms in total. The third-order valence-electron chi connectivity index (χ3n) is 1.72. The van der Waals surface area contributed by atoms with Gasteiger partial charge in [0.25, 0.3) is 0 Å². The SMILES string of the molecule is O=Cc1ccc(S(=O)(=O)CCCl)cc1. The Labute approximate surface area is 87.6 Å². The van der Waals surface area contributed by atoms with Crippen molar-refractivity contribution in [2.24, 2.45) is 0 Å². The van der Waals surface area contributed by atoms with Crippen molar-refractivity contribution in [2.75, 3.05) is 11.6 Å². The Morgan fingerprint density at radius 3 is 2.21 bits per heavy atom. The van der Waals surface area contributed by atoms with Gasteiger partial charge in [0.15, 0.2) is 9.84 Å². The van der Waals surface area contributed by atoms with Crippen LogP contribution in [0, 0.1) is 0 Å². The molecule has 1 aromatic carbocycles. The lowest BCUT2D eigenvalue weighted by molar-refractivity contribution is 0.112. The quantitative estimate of drug-likeness (QED) is 0.584. The number of rotatable bonds is 4. The van der Waals surface area contributed by atoms with E-state index in [2.05, 4.69) is 0 Å². The number of hydrogen-bond acceptors (Lipinski definition) is 3. The Balaban J connectivity index is 3.03. The van der Waals surface area contributed by atoms with Crippen molar-refractivity contribution in [3.05, 3.63) is 29.8 Å². The third kappa shape index (κ3) is 2.56. The van der Waals surface area contributed by atoms with Crippen LogP contribution in [0.1, 0.15) is 10.4 Å². The van der Waals surface area contributed by atoms with Crippen LogP contribution in [-0.4, -0.2) is 26.3 Å². The summed E-state index contributed by atoms with van der Waals surface area (Å²) in [5, 5.41) is 0. The van der Waals surface area contributed by atoms with Crippen molar-refractivity contribution < 1.29 is 13.2 Å². The maximum Gasteiger partial charge on any atom is 0.179 e. The van der Waals surface area contributed by atoms with E-state index in [0.717, 1.165) is 0 Å². The first-order valence-corrected chi connectivity index (χ1v) is 6.13. The number of alkyl halides is 1. The molecule has 5 heteroatoms. The zero-order valence-corrected chi connectivity index (χ0v) is 8.88. The van der Waals surface area contributed by atoms with Gasteiger partial charge in [-0.3, -0.25) is 4.79 Å². The van der Waals surface area contributed by atoms with Crippen LogP contribution in [0.2, 0.25) is 0 Å². The summed E-state index contributed by atoms with van der Waals surface area (Å²) in [5.74, 6) is -0.0211. The van der Waals surface area contributed by atoms with Gasteiger partial charge in [0.2, 0.25) is 0 Å². The molecule has 0 aromatic heterocycles. The van der Waals surface area contributed by atoms with Crippen LogP contribution in [0.15, 0.2) is 29.2 Å². The van der Waals surface area contributed by atoms with Crippen molar-refractivity contribution in [2.45, 2.75) is 4.90 Å². The highest BCUT2D eigenvalue weighted by Crippen LogP contribution is 2.11. The van der Waals surface area contributed by atoms with Crippen LogP contribution in [0.3, 0.4) is 0 Å². The molecule has 0 amide bonds. The number of carbonyl (C=O) groups is 1. The van der Waals surface area contributed by atoms with Gasteiger partial charge in [-0.1, -0.05) is 12.1 Å². The molecule has 0 bridgehead atoms. The molecule has 1 aromatic rings. The maximum absolute atomic E-state index is 11.5. The van der Waals surface area contributed by atoms with Crippen molar-refractivity contribution >= 4 is 27.7 Å². The molecule has 0 N–H and O–H groups in total. The first kappa shape index (κ1) is 11.2. The summed E-state index contributed by atoms with van der Waals surface area (Å²) in [6, 6.07) is 5.75. The van der Waals surface area contributed by atoms with Crippen LogP contribution in [0.25, 0.3) is 0 Å². The maximum atomic E-state index is 11.5. The van der Waals surface area contributed by atoms with E-state index >= 15 is 0 Å². The van der Waals surface area contributed by atoms with Gasteiger partial charge in [-0.2, -0.15) is 0 Å². The van der Waals surface area contributed by atoms with Crippen LogP contribution >= 0.6 is 11.6 Å². The van der Waals surface area contributed by atoms with Crippen LogP contribution in [0.4, 0.5) is 0 Å². The molecule has 0 fully saturated rings. The van der Waals surface area contributed by atoms with Crippen molar-refractivity contribution in [3.63, 3.8) is 0 Å². The van der Waals surface area contributed by atoms with Crippen molar-refractivity contribution in [3.8, 4) is 0 Å². The van der Waals surface area contributed by atoms with Gasteiger partial charge in [0.1, 0.15) is 6.29 Å². The van der Waals surface area contributed by atoms with E-state index in [9.17, 15) is 13.2 Å². The summed E-state index contributed by atoms with van der Waals surface area (Å²) in [6.45, 7) is 0. The average Bonchev–Trinajstić information content (AvgIpc) is 2.18. The van der Waals surface area contributed by atoms with E-state index in [4.69, 9.17) is 11.6 Å². The lowest BCUT2D eigenvalue weighted by Gasteiger charge is -2.01. The zero-order chi connectivity index (χ0) is 10.6. The van der Waals surface area contributed by atoms with Gasteiger partial charge in [-0.25, -0.2) is 8.42 Å². The molecule has 0 heterocycles. The van der Waals surface area contributed by atoms with E-state index in [0.29, 0.717) is 11.8 Å². The second-order valence-electron chi connectivity index (χ2n) is 2.69. The Kier molecular flexibility index (Phi) is 3.66. The summed E-state index contributed by atoms with van der Waals surface area (Å²) in [7, 11) is -3.28. The van der Waals surface area contributed by atoms with Gasteiger partial charge in [-0.15, -0.1) is 11.6 Å². The summed E-state index contributed by atoms with van der Waals surface area (Å²) in [6.07, 6.45) is 0.665. The molecule has 1 rings (SSSR count). The van der Waals surface area contributed by atoms with Crippen LogP contribution in [0.5, 0.6) is 0 Å². The second kappa shape index (κ2) is 4.57. The van der Waals surface area contributed by atoms with E-state index in [1.54, 1.807) is 0 Å². The Bertz CT molecular complexity index is 408. The molecule has 0 aliphatic carbocycles. The number of hydrogen-bond donors (Lipinski definition) is 0. The fourth-order valence-corrected chi connectivity index (χ4v) is 2.57. The Morgan fingerprint density at radius 1 is 1.21 bits per heavy atom. The van der Waals surface area contributed by atoms with E-state index in [1.807, 2.05) is 0 Å². The molecular formula is C9H9ClO3S. The van der Waals surface area contributed by atoms with Crippen LogP contribution < -0.4 is 0 Å². The second-order valence-corrected chi connectivity index (χ2v) is 5.18. The van der Waals surface area contributed by atoms with Gasteiger partial charge >= 0.3 is 0 Å². The zero-order valence-electron chi connectivity index (χ0n) is 7.31. The minimum atomic E-state index is -3.28. The van der Waals surface area contributed by atoms with Crippen molar-refractivity contribution in [1.82, 2.24) is 0 Å². The highest BCUT2D eigenvalue weighted by Gasteiger charge is 2.12. The number of sulfone groups is 1. The topological polar surface area (TPSA) is 51.2 Å². The molecular weight excluding hydrogens is 224 g/mol. The molecule has 0 saturated heterocycles. The number of halogens is 1. The molecule has 0 unspecified atom stereocenters. The highest BCUT2D eigenvalue weighted by atomic mass is 35.5. The van der Waals surface area contributed by atoms with Crippen LogP contribution in [-0.2, 0) is 9.84 Å². The molecule has 0 radical (unpaired) electrons. The lowest BCUT2D eigenvalue weighted by Crippen LogP contribution is -2.07. The summed E-state index contributed by atoms with van der Waals surface area (Å²) in [5.41, 5.74) is 0.454. The Hall–Kier alpha value is -0.870. The molecule has 0 aliphatic heterocycles. The predicted molar refractivity (Wildman–Crippen MR) is 54.6 cm³/mol. The predicted octanol–water partition coefficient (Wildman–Crippen LogP) is 1.51. The monoisotopic (exact) mass is 232 g/mol. The summed E-state index contributed by atoms with van der Waals surface area (Å²) >= 11 is 5.36. The van der Waals surface area contributed by atoms with Gasteiger partial charge < -0.3 is 0 Å². The normalized spacial score (nSPS) is 11.2. The first-order chi connectivity index (χ1) is 6.60. The molecule has 0 atom stereocenters. The average molecular weight is 233 g/mol. The smallest absolute Gasteiger partial charge is 0.179 e. The molecule has 0 saturated carbocycles. The first-order valence-electron chi connectivity index (χ1n) is 3.94. The highest BCUT2D eigenvalue weighted by molar-refractivity contribution is 7.91. The fraction of sp³-hybridized carbons (Fsp3) is 0.222. The minimum Gasteiger partial charge on any atom is -0.298 e. The molecule has 14 heavy (non-hydrogen) atoms. The number of benzene rings is 1. The van der Waals surface area contributed by atoms with E-state index < -0.39 is 9.84 Å². The molecule has 0 spiro atoms. The van der Waals surface area contributed by atoms with Gasteiger partial charge in [-0.05, 0) is 12.1 Å². The number of aldehydes is 1. The number of carbonyl (C=O) groups excluding carboxylic acids is 1. The molecule has 0 aliphatic rings. The lowest BCUT2D eigenvalue weighted by atomic mass is 10.2.